The Balaban J connectivity index is 0.000000151. The molecule has 10 aromatic carbocycles. The maximum Gasteiger partial charge on any atom is 0.220 e. The van der Waals surface area contributed by atoms with Gasteiger partial charge in [0, 0.05) is 81.6 Å². The average molecular weight is 1730 g/mol. The van der Waals surface area contributed by atoms with Crippen LogP contribution in [0.2, 0.25) is 98.2 Å². The quantitative estimate of drug-likeness (QED) is 0.0810. The second-order valence-electron chi connectivity index (χ2n) is 41.3. The molecule has 0 fully saturated rings. The van der Waals surface area contributed by atoms with E-state index in [1.807, 2.05) is 0 Å². The van der Waals surface area contributed by atoms with Crippen molar-refractivity contribution in [3.8, 4) is 56.3 Å². The first kappa shape index (κ1) is 95.0. The lowest BCUT2D eigenvalue weighted by Gasteiger charge is -2.18. The van der Waals surface area contributed by atoms with Crippen molar-refractivity contribution < 1.29 is 22.8 Å². The zero-order chi connectivity index (χ0) is 91.2. The zero-order valence-electron chi connectivity index (χ0n) is 83.0. The number of pyridine rings is 5. The Morgan fingerprint density at radius 2 is 0.500 bits per heavy atom. The molecular formula is C114H148N5Si5+5. The molecule has 0 aliphatic carbocycles. The molecule has 0 radical (unpaired) electrons. The van der Waals surface area contributed by atoms with Crippen molar-refractivity contribution in [2.75, 3.05) is 0 Å². The fourth-order valence-corrected chi connectivity index (χ4v) is 23.6. The predicted octanol–water partition coefficient (Wildman–Crippen LogP) is 25.1. The van der Waals surface area contributed by atoms with Crippen LogP contribution in [-0.4, -0.2) is 40.4 Å². The van der Waals surface area contributed by atoms with Crippen LogP contribution in [0.5, 0.6) is 0 Å². The topological polar surface area (TPSA) is 19.4 Å². The largest absolute Gasteiger partial charge is 0.220 e. The maximum atomic E-state index is 2.44. The van der Waals surface area contributed by atoms with E-state index in [9.17, 15) is 0 Å². The molecule has 0 saturated carbocycles. The lowest BCUT2D eigenvalue weighted by Crippen LogP contribution is -2.38. The van der Waals surface area contributed by atoms with E-state index in [-0.39, 0.29) is 0 Å². The van der Waals surface area contributed by atoms with Gasteiger partial charge in [-0.3, -0.25) is 0 Å². The smallest absolute Gasteiger partial charge is 0.198 e. The van der Waals surface area contributed by atoms with Gasteiger partial charge in [-0.15, -0.1) is 0 Å². The van der Waals surface area contributed by atoms with Gasteiger partial charge in [-0.2, -0.15) is 22.8 Å². The first-order valence-electron chi connectivity index (χ1n) is 45.6. The third-order valence-corrected chi connectivity index (χ3v) is 36.9. The van der Waals surface area contributed by atoms with E-state index in [0.29, 0.717) is 0 Å². The van der Waals surface area contributed by atoms with E-state index in [4.69, 9.17) is 0 Å². The van der Waals surface area contributed by atoms with Crippen molar-refractivity contribution in [3.05, 3.63) is 296 Å². The molecule has 5 nitrogen and oxygen atoms in total. The third kappa shape index (κ3) is 20.5. The summed E-state index contributed by atoms with van der Waals surface area (Å²) >= 11 is 0. The van der Waals surface area contributed by atoms with Gasteiger partial charge in [0.25, 0.3) is 0 Å². The van der Waals surface area contributed by atoms with Crippen LogP contribution in [-0.2, 0) is 54.5 Å². The van der Waals surface area contributed by atoms with Crippen LogP contribution in [0, 0.1) is 90.0 Å². The highest BCUT2D eigenvalue weighted by Gasteiger charge is 2.31. The van der Waals surface area contributed by atoms with Gasteiger partial charge in [0.2, 0.25) is 28.5 Å². The van der Waals surface area contributed by atoms with Gasteiger partial charge in [-0.25, -0.2) is 0 Å². The van der Waals surface area contributed by atoms with Crippen molar-refractivity contribution in [2.45, 2.75) is 228 Å². The number of hydrogen-bond acceptors (Lipinski definition) is 0. The molecule has 5 heterocycles. The zero-order valence-corrected chi connectivity index (χ0v) is 88.0. The minimum Gasteiger partial charge on any atom is -0.198 e. The number of aromatic nitrogens is 5. The van der Waals surface area contributed by atoms with Gasteiger partial charge in [0.05, 0.1) is 78.4 Å². The minimum absolute atomic E-state index is 1.07. The van der Waals surface area contributed by atoms with E-state index in [0.717, 1.165) is 19.3 Å². The summed E-state index contributed by atoms with van der Waals surface area (Å²) < 4.78 is 11.7. The molecule has 124 heavy (non-hydrogen) atoms. The van der Waals surface area contributed by atoms with E-state index in [2.05, 4.69) is 473 Å². The molecule has 0 bridgehead atoms. The van der Waals surface area contributed by atoms with Crippen LogP contribution in [0.1, 0.15) is 110 Å². The van der Waals surface area contributed by atoms with Crippen LogP contribution in [0.15, 0.2) is 206 Å². The van der Waals surface area contributed by atoms with Gasteiger partial charge in [-0.1, -0.05) is 271 Å². The molecule has 15 rings (SSSR count). The summed E-state index contributed by atoms with van der Waals surface area (Å²) in [6.07, 6.45) is 3.23. The van der Waals surface area contributed by atoms with E-state index >= 15 is 0 Å². The third-order valence-electron chi connectivity index (χ3n) is 26.7. The SMILES string of the molecule is CCc1cc(CC)c(C)c(-c2c3ccc([Si](C)(C)C)cc3cc(C)[n+]2C)c1.CCc1ccc(C)c(-c2c3ccc([Si](C)(C)C)cc3cc(C)[n+]2C)c1.Cc1cc(C)c(C)c(-c2c3ccc([Si](C)(C)C)cc3cc(C)[n+]2C)c1.Cc1ccc(C)c(-c2c3ccc([Si](C)(C)C)cc3cc(C)[n+]2C)c1.Cc1ccccc1-c1c2ccc([Si](C)(C)C)cc2cc(C)[n+]1C. The van der Waals surface area contributed by atoms with Crippen LogP contribution < -0.4 is 48.8 Å². The van der Waals surface area contributed by atoms with E-state index in [1.54, 1.807) is 0 Å². The molecule has 644 valence electrons. The Bertz CT molecular complexity index is 6600. The Hall–Kier alpha value is -9.67. The van der Waals surface area contributed by atoms with Crippen LogP contribution in [0.25, 0.3) is 110 Å². The molecule has 10 heteroatoms. The molecule has 15 aromatic rings. The maximum absolute atomic E-state index is 2.44. The van der Waals surface area contributed by atoms with Crippen LogP contribution in [0.3, 0.4) is 0 Å². The van der Waals surface area contributed by atoms with E-state index in [1.165, 1.54) is 226 Å². The summed E-state index contributed by atoms with van der Waals surface area (Å²) in [5.74, 6) is 0. The summed E-state index contributed by atoms with van der Waals surface area (Å²) in [6.45, 7) is 71.8. The van der Waals surface area contributed by atoms with Crippen molar-refractivity contribution >= 4 is 120 Å². The monoisotopic (exact) mass is 1730 g/mol. The molecule has 0 atom stereocenters. The predicted molar refractivity (Wildman–Crippen MR) is 557 cm³/mol. The highest BCUT2D eigenvalue weighted by Crippen LogP contribution is 2.37. The number of rotatable bonds is 13. The lowest BCUT2D eigenvalue weighted by atomic mass is 9.92. The number of aryl methyl sites for hydroxylation is 14. The van der Waals surface area contributed by atoms with E-state index < -0.39 is 40.4 Å². The molecule has 0 aliphatic rings. The van der Waals surface area contributed by atoms with Crippen molar-refractivity contribution in [3.63, 3.8) is 0 Å². The number of benzene rings is 10. The number of nitrogens with zero attached hydrogens (tertiary/aromatic N) is 5. The van der Waals surface area contributed by atoms with Crippen LogP contribution >= 0.6 is 0 Å². The summed E-state index contributed by atoms with van der Waals surface area (Å²) in [6, 6.07) is 79.0. The van der Waals surface area contributed by atoms with Crippen molar-refractivity contribution in [1.29, 1.82) is 0 Å². The Morgan fingerprint density at radius 1 is 0.218 bits per heavy atom. The average Bonchev–Trinajstić information content (AvgIpc) is 0.806. The second kappa shape index (κ2) is 37.5. The Kier molecular flexibility index (Phi) is 28.7. The summed E-state index contributed by atoms with van der Waals surface area (Å²) in [5, 5.41) is 21.2. The number of fused-ring (bicyclic) bond motifs is 5. The first-order valence-corrected chi connectivity index (χ1v) is 63.1. The molecule has 5 aromatic heterocycles. The second-order valence-corrected chi connectivity index (χ2v) is 66.6. The van der Waals surface area contributed by atoms with Gasteiger partial charge >= 0.3 is 0 Å². The fourth-order valence-electron chi connectivity index (χ4n) is 17.8. The number of hydrogen-bond donors (Lipinski definition) is 0. The standard InChI is InChI=1S/C25H34NSi.2C23H30NSi.C22H28NSi.C21H26NSi/c1-9-19-14-20(10-2)18(4)24(15-19)25-23-12-11-22(27(6,7)8)16-21(23)13-17(3)26(25)5;1-15-11-16(2)18(4)22(12-15)23-21-10-9-20(25(6,7)8)14-19(21)13-17(3)24(23)5;1-8-18-10-9-16(2)22(14-18)23-21-12-11-20(25(5,6)7)15-19(21)13-17(3)24(23)4;1-15-8-9-16(2)21(12-15)22-20-11-10-19(24(5,6)7)14-18(20)13-17(3)23(22)4;1-15-9-7-8-10-19(15)21-20-12-11-18(23(4,5)6)14-17(20)13-16(2)22(21)3/h11-16H,9-10H2,1-8H3;9-14H,1-8H3;9-15H,8H2,1-7H3;8-14H,1-7H3;7-14H,1-6H3/q5*+1. The molecule has 0 saturated heterocycles. The molecule has 0 aliphatic heterocycles. The van der Waals surface area contributed by atoms with Gasteiger partial charge in [-0.05, 0) is 212 Å². The van der Waals surface area contributed by atoms with Gasteiger partial charge < -0.3 is 0 Å². The van der Waals surface area contributed by atoms with Gasteiger partial charge in [0.1, 0.15) is 35.2 Å². The molecular weight excluding hydrogens is 1580 g/mol. The summed E-state index contributed by atoms with van der Waals surface area (Å²) in [4.78, 5) is 0. The van der Waals surface area contributed by atoms with Crippen molar-refractivity contribution in [2.24, 2.45) is 35.2 Å². The van der Waals surface area contributed by atoms with Gasteiger partial charge in [0.15, 0.2) is 28.5 Å². The highest BCUT2D eigenvalue weighted by atomic mass is 28.3. The Labute approximate surface area is 753 Å². The molecule has 0 amide bonds. The summed E-state index contributed by atoms with van der Waals surface area (Å²) in [7, 11) is 4.38. The minimum atomic E-state index is -1.33. The summed E-state index contributed by atoms with van der Waals surface area (Å²) in [5.41, 5.74) is 35.0. The molecule has 0 unspecified atom stereocenters. The van der Waals surface area contributed by atoms with Crippen LogP contribution in [0.4, 0.5) is 0 Å². The Morgan fingerprint density at radius 3 is 0.823 bits per heavy atom. The lowest BCUT2D eigenvalue weighted by molar-refractivity contribution is -0.665. The first-order chi connectivity index (χ1) is 57.9. The molecule has 0 spiro atoms. The normalized spacial score (nSPS) is 12.0. The van der Waals surface area contributed by atoms with Crippen molar-refractivity contribution in [1.82, 2.24) is 0 Å². The fraction of sp³-hybridized carbons (Fsp3) is 0.342. The molecule has 0 N–H and O–H groups in total. The highest BCUT2D eigenvalue weighted by molar-refractivity contribution is 6.90.